The van der Waals surface area contributed by atoms with Crippen molar-refractivity contribution in [3.8, 4) is 6.07 Å². The number of carbonyl (C=O) groups excluding carboxylic acids is 1. The Labute approximate surface area is 91.7 Å². The fourth-order valence-electron chi connectivity index (χ4n) is 1.19. The second-order valence-electron chi connectivity index (χ2n) is 3.30. The molecule has 1 unspecified atom stereocenters. The van der Waals surface area contributed by atoms with E-state index in [4.69, 9.17) is 5.26 Å². The molecule has 0 saturated carbocycles. The lowest BCUT2D eigenvalue weighted by molar-refractivity contribution is -0.120. The Hall–Kier alpha value is -1.96. The second kappa shape index (κ2) is 5.21. The molecule has 0 aromatic heterocycles. The molecule has 1 atom stereocenters. The van der Waals surface area contributed by atoms with Crippen LogP contribution in [0.1, 0.15) is 12.5 Å². The SMILES string of the molecule is CC(C#N)NC(=O)Cc1c(F)cccc1F. The molecule has 84 valence electrons. The van der Waals surface area contributed by atoms with Crippen molar-refractivity contribution in [2.75, 3.05) is 0 Å². The number of benzene rings is 1. The highest BCUT2D eigenvalue weighted by Gasteiger charge is 2.14. The zero-order valence-electron chi connectivity index (χ0n) is 8.63. The van der Waals surface area contributed by atoms with E-state index in [2.05, 4.69) is 5.32 Å². The van der Waals surface area contributed by atoms with Crippen molar-refractivity contribution in [1.82, 2.24) is 5.32 Å². The molecule has 0 bridgehead atoms. The van der Waals surface area contributed by atoms with Gasteiger partial charge < -0.3 is 5.32 Å². The molecule has 1 aromatic carbocycles. The van der Waals surface area contributed by atoms with Gasteiger partial charge in [-0.05, 0) is 19.1 Å². The monoisotopic (exact) mass is 224 g/mol. The van der Waals surface area contributed by atoms with Crippen LogP contribution in [0.3, 0.4) is 0 Å². The predicted molar refractivity (Wildman–Crippen MR) is 53.3 cm³/mol. The molecule has 1 amide bonds. The van der Waals surface area contributed by atoms with Crippen LogP contribution in [-0.4, -0.2) is 11.9 Å². The van der Waals surface area contributed by atoms with Crippen LogP contribution in [-0.2, 0) is 11.2 Å². The Balaban J connectivity index is 2.74. The average Bonchev–Trinajstić information content (AvgIpc) is 2.23. The van der Waals surface area contributed by atoms with Crippen molar-refractivity contribution < 1.29 is 13.6 Å². The zero-order valence-corrected chi connectivity index (χ0v) is 8.63. The minimum atomic E-state index is -0.764. The highest BCUT2D eigenvalue weighted by Crippen LogP contribution is 2.12. The number of hydrogen-bond acceptors (Lipinski definition) is 2. The zero-order chi connectivity index (χ0) is 12.1. The van der Waals surface area contributed by atoms with E-state index in [1.165, 1.54) is 13.0 Å². The third-order valence-corrected chi connectivity index (χ3v) is 1.97. The molecule has 0 aliphatic rings. The van der Waals surface area contributed by atoms with E-state index < -0.39 is 30.0 Å². The summed E-state index contributed by atoms with van der Waals surface area (Å²) < 4.78 is 26.3. The molecule has 1 aromatic rings. The molecule has 0 aliphatic carbocycles. The lowest BCUT2D eigenvalue weighted by atomic mass is 10.1. The van der Waals surface area contributed by atoms with Crippen LogP contribution in [0.4, 0.5) is 8.78 Å². The lowest BCUT2D eigenvalue weighted by Crippen LogP contribution is -2.32. The van der Waals surface area contributed by atoms with Gasteiger partial charge in [-0.15, -0.1) is 0 Å². The van der Waals surface area contributed by atoms with Gasteiger partial charge in [-0.2, -0.15) is 5.26 Å². The van der Waals surface area contributed by atoms with Crippen molar-refractivity contribution in [2.45, 2.75) is 19.4 Å². The lowest BCUT2D eigenvalue weighted by Gasteiger charge is -2.07. The first-order valence-corrected chi connectivity index (χ1v) is 4.66. The molecule has 0 radical (unpaired) electrons. The van der Waals surface area contributed by atoms with E-state index in [0.29, 0.717) is 0 Å². The Kier molecular flexibility index (Phi) is 3.95. The van der Waals surface area contributed by atoms with Gasteiger partial charge in [0.05, 0.1) is 12.5 Å². The first-order chi connectivity index (χ1) is 7.54. The van der Waals surface area contributed by atoms with Gasteiger partial charge in [0.25, 0.3) is 0 Å². The van der Waals surface area contributed by atoms with Crippen LogP contribution in [0.2, 0.25) is 0 Å². The van der Waals surface area contributed by atoms with E-state index >= 15 is 0 Å². The Bertz CT molecular complexity index is 420. The van der Waals surface area contributed by atoms with Crippen LogP contribution < -0.4 is 5.32 Å². The number of rotatable bonds is 3. The highest BCUT2D eigenvalue weighted by molar-refractivity contribution is 5.79. The summed E-state index contributed by atoms with van der Waals surface area (Å²) in [5.74, 6) is -2.11. The van der Waals surface area contributed by atoms with Gasteiger partial charge in [0.15, 0.2) is 0 Å². The average molecular weight is 224 g/mol. The first-order valence-electron chi connectivity index (χ1n) is 4.66. The molecular weight excluding hydrogens is 214 g/mol. The molecule has 16 heavy (non-hydrogen) atoms. The maximum atomic E-state index is 13.1. The summed E-state index contributed by atoms with van der Waals surface area (Å²) in [6, 6.07) is 4.50. The molecule has 0 aliphatic heterocycles. The topological polar surface area (TPSA) is 52.9 Å². The normalized spacial score (nSPS) is 11.6. The summed E-state index contributed by atoms with van der Waals surface area (Å²) in [4.78, 5) is 11.3. The highest BCUT2D eigenvalue weighted by atomic mass is 19.1. The quantitative estimate of drug-likeness (QED) is 0.846. The molecule has 3 nitrogen and oxygen atoms in total. The summed E-state index contributed by atoms with van der Waals surface area (Å²) in [7, 11) is 0. The van der Waals surface area contributed by atoms with Gasteiger partial charge in [0, 0.05) is 5.56 Å². The minimum absolute atomic E-state index is 0.287. The molecule has 1 N–H and O–H groups in total. The largest absolute Gasteiger partial charge is 0.340 e. The van der Waals surface area contributed by atoms with Crippen LogP contribution in [0.15, 0.2) is 18.2 Å². The molecule has 0 spiro atoms. The van der Waals surface area contributed by atoms with Gasteiger partial charge in [-0.25, -0.2) is 8.78 Å². The maximum absolute atomic E-state index is 13.1. The van der Waals surface area contributed by atoms with Crippen LogP contribution in [0.25, 0.3) is 0 Å². The van der Waals surface area contributed by atoms with E-state index in [0.717, 1.165) is 12.1 Å². The van der Waals surface area contributed by atoms with E-state index in [-0.39, 0.29) is 5.56 Å². The van der Waals surface area contributed by atoms with Crippen molar-refractivity contribution in [2.24, 2.45) is 0 Å². The predicted octanol–water partition coefficient (Wildman–Crippen LogP) is 1.54. The van der Waals surface area contributed by atoms with E-state index in [1.807, 2.05) is 0 Å². The fraction of sp³-hybridized carbons (Fsp3) is 0.273. The third-order valence-electron chi connectivity index (χ3n) is 1.97. The summed E-state index contributed by atoms with van der Waals surface area (Å²) >= 11 is 0. The van der Waals surface area contributed by atoms with E-state index in [1.54, 1.807) is 6.07 Å². The number of halogens is 2. The molecular formula is C11H10F2N2O. The van der Waals surface area contributed by atoms with Gasteiger partial charge in [-0.3, -0.25) is 4.79 Å². The molecule has 0 heterocycles. The fourth-order valence-corrected chi connectivity index (χ4v) is 1.19. The number of amides is 1. The van der Waals surface area contributed by atoms with Crippen LogP contribution >= 0.6 is 0 Å². The van der Waals surface area contributed by atoms with Crippen molar-refractivity contribution >= 4 is 5.91 Å². The minimum Gasteiger partial charge on any atom is -0.340 e. The second-order valence-corrected chi connectivity index (χ2v) is 3.30. The maximum Gasteiger partial charge on any atom is 0.225 e. The number of nitrogens with one attached hydrogen (secondary N) is 1. The summed E-state index contributed by atoms with van der Waals surface area (Å²) in [6.07, 6.45) is -0.412. The van der Waals surface area contributed by atoms with E-state index in [9.17, 15) is 13.6 Å². The smallest absolute Gasteiger partial charge is 0.225 e. The molecule has 5 heteroatoms. The molecule has 1 rings (SSSR count). The number of nitrogens with zero attached hydrogens (tertiary/aromatic N) is 1. The Morgan fingerprint density at radius 2 is 2.06 bits per heavy atom. The molecule has 0 saturated heterocycles. The van der Waals surface area contributed by atoms with Gasteiger partial charge in [0.1, 0.15) is 17.7 Å². The summed E-state index contributed by atoms with van der Waals surface area (Å²) in [5.41, 5.74) is -0.287. The first kappa shape index (κ1) is 12.1. The van der Waals surface area contributed by atoms with Crippen LogP contribution in [0.5, 0.6) is 0 Å². The van der Waals surface area contributed by atoms with Crippen molar-refractivity contribution in [1.29, 1.82) is 5.26 Å². The summed E-state index contributed by atoms with van der Waals surface area (Å²) in [5, 5.41) is 10.7. The van der Waals surface area contributed by atoms with Crippen molar-refractivity contribution in [3.63, 3.8) is 0 Å². The number of nitriles is 1. The van der Waals surface area contributed by atoms with Crippen LogP contribution in [0, 0.1) is 23.0 Å². The standard InChI is InChI=1S/C11H10F2N2O/c1-7(6-14)15-11(16)5-8-9(12)3-2-4-10(8)13/h2-4,7H,5H2,1H3,(H,15,16). The number of carbonyl (C=O) groups is 1. The van der Waals surface area contributed by atoms with Gasteiger partial charge in [-0.1, -0.05) is 6.07 Å². The Morgan fingerprint density at radius 1 is 1.50 bits per heavy atom. The third kappa shape index (κ3) is 3.02. The number of hydrogen-bond donors (Lipinski definition) is 1. The van der Waals surface area contributed by atoms with Crippen molar-refractivity contribution in [3.05, 3.63) is 35.4 Å². The summed E-state index contributed by atoms with van der Waals surface area (Å²) in [6.45, 7) is 1.48. The van der Waals surface area contributed by atoms with Gasteiger partial charge >= 0.3 is 0 Å². The molecule has 0 fully saturated rings. The van der Waals surface area contributed by atoms with Gasteiger partial charge in [0.2, 0.25) is 5.91 Å². The Morgan fingerprint density at radius 3 is 2.56 bits per heavy atom.